The van der Waals surface area contributed by atoms with Crippen molar-refractivity contribution < 1.29 is 0 Å². The Bertz CT molecular complexity index is 98.2. The fourth-order valence-corrected chi connectivity index (χ4v) is 0.503. The first-order chi connectivity index (χ1) is 3.85. The summed E-state index contributed by atoms with van der Waals surface area (Å²) >= 11 is 0. The highest BCUT2D eigenvalue weighted by molar-refractivity contribution is 5.14. The van der Waals surface area contributed by atoms with E-state index in [0.717, 1.165) is 5.70 Å². The summed E-state index contributed by atoms with van der Waals surface area (Å²) in [5.41, 5.74) is 1.16. The third-order valence-corrected chi connectivity index (χ3v) is 0.946. The molecule has 0 amide bonds. The van der Waals surface area contributed by atoms with Gasteiger partial charge in [0.25, 0.3) is 0 Å². The second-order valence-electron chi connectivity index (χ2n) is 1.49. The maximum Gasteiger partial charge on any atom is 0.0290 e. The van der Waals surface area contributed by atoms with E-state index in [9.17, 15) is 0 Å². The van der Waals surface area contributed by atoms with Gasteiger partial charge in [0.2, 0.25) is 0 Å². The summed E-state index contributed by atoms with van der Waals surface area (Å²) in [5.74, 6) is 0. The van der Waals surface area contributed by atoms with Gasteiger partial charge in [-0.25, -0.2) is 0 Å². The van der Waals surface area contributed by atoms with Crippen molar-refractivity contribution in [2.75, 3.05) is 7.05 Å². The lowest BCUT2D eigenvalue weighted by Gasteiger charge is -1.95. The zero-order valence-corrected chi connectivity index (χ0v) is 5.73. The zero-order chi connectivity index (χ0) is 6.41. The summed E-state index contributed by atoms with van der Waals surface area (Å²) in [5, 5.41) is 3.03. The van der Waals surface area contributed by atoms with Crippen molar-refractivity contribution >= 4 is 0 Å². The SMILES string of the molecule is C/C=C\C(=C/C)NC. The third kappa shape index (κ3) is 2.45. The highest BCUT2D eigenvalue weighted by atomic mass is 14.8. The molecule has 0 bridgehead atoms. The van der Waals surface area contributed by atoms with Crippen molar-refractivity contribution in [3.8, 4) is 0 Å². The minimum atomic E-state index is 1.16. The fourth-order valence-electron chi connectivity index (χ4n) is 0.503. The van der Waals surface area contributed by atoms with Gasteiger partial charge >= 0.3 is 0 Å². The average Bonchev–Trinajstić information content (AvgIpc) is 1.83. The lowest BCUT2D eigenvalue weighted by Crippen LogP contribution is -2.01. The van der Waals surface area contributed by atoms with Crippen LogP contribution in [0.2, 0.25) is 0 Å². The molecule has 0 aliphatic heterocycles. The molecule has 1 heteroatoms. The van der Waals surface area contributed by atoms with E-state index < -0.39 is 0 Å². The minimum Gasteiger partial charge on any atom is -0.388 e. The van der Waals surface area contributed by atoms with Gasteiger partial charge in [0.15, 0.2) is 0 Å². The van der Waals surface area contributed by atoms with Crippen LogP contribution < -0.4 is 5.32 Å². The van der Waals surface area contributed by atoms with Crippen LogP contribution in [0.15, 0.2) is 23.9 Å². The van der Waals surface area contributed by atoms with Crippen molar-refractivity contribution in [2.45, 2.75) is 13.8 Å². The Morgan fingerprint density at radius 2 is 2.00 bits per heavy atom. The van der Waals surface area contributed by atoms with Crippen LogP contribution in [0.25, 0.3) is 0 Å². The van der Waals surface area contributed by atoms with Crippen LogP contribution in [-0.4, -0.2) is 7.05 Å². The maximum atomic E-state index is 3.03. The molecule has 0 atom stereocenters. The quantitative estimate of drug-likeness (QED) is 0.535. The van der Waals surface area contributed by atoms with Crippen LogP contribution >= 0.6 is 0 Å². The van der Waals surface area contributed by atoms with Crippen molar-refractivity contribution in [1.82, 2.24) is 5.32 Å². The Balaban J connectivity index is 3.72. The van der Waals surface area contributed by atoms with Crippen LogP contribution in [-0.2, 0) is 0 Å². The largest absolute Gasteiger partial charge is 0.388 e. The highest BCUT2D eigenvalue weighted by Gasteiger charge is 1.76. The van der Waals surface area contributed by atoms with E-state index >= 15 is 0 Å². The molecular weight excluding hydrogens is 98.1 g/mol. The predicted molar refractivity (Wildman–Crippen MR) is 37.6 cm³/mol. The number of nitrogens with one attached hydrogen (secondary N) is 1. The number of rotatable bonds is 2. The average molecular weight is 111 g/mol. The zero-order valence-electron chi connectivity index (χ0n) is 5.73. The molecular formula is C7H13N. The minimum absolute atomic E-state index is 1.16. The molecule has 1 N–H and O–H groups in total. The molecule has 0 unspecified atom stereocenters. The molecule has 0 saturated heterocycles. The van der Waals surface area contributed by atoms with E-state index in [-0.39, 0.29) is 0 Å². The molecule has 0 aromatic heterocycles. The first kappa shape index (κ1) is 7.28. The van der Waals surface area contributed by atoms with Crippen LogP contribution in [0.5, 0.6) is 0 Å². The van der Waals surface area contributed by atoms with Gasteiger partial charge in [-0.2, -0.15) is 0 Å². The van der Waals surface area contributed by atoms with Crippen molar-refractivity contribution in [3.63, 3.8) is 0 Å². The summed E-state index contributed by atoms with van der Waals surface area (Å²) in [6.07, 6.45) is 6.06. The van der Waals surface area contributed by atoms with E-state index in [4.69, 9.17) is 0 Å². The summed E-state index contributed by atoms with van der Waals surface area (Å²) < 4.78 is 0. The molecule has 0 rings (SSSR count). The standard InChI is InChI=1S/C7H13N/c1-4-6-7(5-2)8-3/h4-6,8H,1-3H3/b6-4-,7-5+. The van der Waals surface area contributed by atoms with E-state index in [1.165, 1.54) is 0 Å². The molecule has 0 saturated carbocycles. The Morgan fingerprint density at radius 3 is 2.12 bits per heavy atom. The first-order valence-corrected chi connectivity index (χ1v) is 2.82. The van der Waals surface area contributed by atoms with E-state index in [2.05, 4.69) is 5.32 Å². The molecule has 1 nitrogen and oxygen atoms in total. The molecule has 0 aliphatic rings. The summed E-state index contributed by atoms with van der Waals surface area (Å²) in [7, 11) is 1.91. The molecule has 8 heavy (non-hydrogen) atoms. The van der Waals surface area contributed by atoms with Crippen LogP contribution in [0.3, 0.4) is 0 Å². The fraction of sp³-hybridized carbons (Fsp3) is 0.429. The lowest BCUT2D eigenvalue weighted by atomic mass is 10.4. The molecule has 0 aromatic rings. The molecule has 0 heterocycles. The van der Waals surface area contributed by atoms with Crippen LogP contribution in [0.1, 0.15) is 13.8 Å². The van der Waals surface area contributed by atoms with Gasteiger partial charge < -0.3 is 5.32 Å². The predicted octanol–water partition coefficient (Wildman–Crippen LogP) is 1.69. The molecule has 0 aromatic carbocycles. The van der Waals surface area contributed by atoms with Gasteiger partial charge in [0.1, 0.15) is 0 Å². The smallest absolute Gasteiger partial charge is 0.0290 e. The molecule has 0 spiro atoms. The Morgan fingerprint density at radius 1 is 1.38 bits per heavy atom. The van der Waals surface area contributed by atoms with E-state index in [1.54, 1.807) is 0 Å². The van der Waals surface area contributed by atoms with Gasteiger partial charge in [-0.15, -0.1) is 0 Å². The third-order valence-electron chi connectivity index (χ3n) is 0.946. The number of allylic oxidation sites excluding steroid dienone is 3. The lowest BCUT2D eigenvalue weighted by molar-refractivity contribution is 1.03. The van der Waals surface area contributed by atoms with Gasteiger partial charge in [-0.05, 0) is 19.9 Å². The van der Waals surface area contributed by atoms with Gasteiger partial charge in [-0.3, -0.25) is 0 Å². The molecule has 46 valence electrons. The van der Waals surface area contributed by atoms with Crippen molar-refractivity contribution in [2.24, 2.45) is 0 Å². The van der Waals surface area contributed by atoms with E-state index in [0.29, 0.717) is 0 Å². The highest BCUT2D eigenvalue weighted by Crippen LogP contribution is 1.87. The summed E-state index contributed by atoms with van der Waals surface area (Å²) in [6.45, 7) is 4.01. The van der Waals surface area contributed by atoms with Crippen molar-refractivity contribution in [1.29, 1.82) is 0 Å². The summed E-state index contributed by atoms with van der Waals surface area (Å²) in [4.78, 5) is 0. The number of hydrogen-bond acceptors (Lipinski definition) is 1. The topological polar surface area (TPSA) is 12.0 Å². The normalized spacial score (nSPS) is 12.6. The Labute approximate surface area is 51.1 Å². The second kappa shape index (κ2) is 4.44. The number of hydrogen-bond donors (Lipinski definition) is 1. The monoisotopic (exact) mass is 111 g/mol. The van der Waals surface area contributed by atoms with E-state index in [1.807, 2.05) is 39.1 Å². The van der Waals surface area contributed by atoms with Gasteiger partial charge in [-0.1, -0.05) is 12.2 Å². The van der Waals surface area contributed by atoms with Crippen LogP contribution in [0.4, 0.5) is 0 Å². The first-order valence-electron chi connectivity index (χ1n) is 2.82. The maximum absolute atomic E-state index is 3.03. The Kier molecular flexibility index (Phi) is 4.04. The van der Waals surface area contributed by atoms with Gasteiger partial charge in [0, 0.05) is 12.7 Å². The summed E-state index contributed by atoms with van der Waals surface area (Å²) in [6, 6.07) is 0. The molecule has 0 radical (unpaired) electrons. The second-order valence-corrected chi connectivity index (χ2v) is 1.49. The molecule has 0 aliphatic carbocycles. The Hall–Kier alpha value is -0.720. The molecule has 0 fully saturated rings. The number of likely N-dealkylation sites (N-methyl/N-ethyl adjacent to an activating group) is 1. The van der Waals surface area contributed by atoms with Crippen molar-refractivity contribution in [3.05, 3.63) is 23.9 Å². The van der Waals surface area contributed by atoms with Crippen LogP contribution in [0, 0.1) is 0 Å². The van der Waals surface area contributed by atoms with Gasteiger partial charge in [0.05, 0.1) is 0 Å².